The van der Waals surface area contributed by atoms with Crippen LogP contribution in [0.4, 0.5) is 0 Å². The molecule has 2 N–H and O–H groups in total. The Balaban J connectivity index is 1.84. The number of carboxylic acids is 1. The molecule has 0 fully saturated rings. The van der Waals surface area contributed by atoms with E-state index in [1.54, 1.807) is 0 Å². The van der Waals surface area contributed by atoms with Gasteiger partial charge in [0.15, 0.2) is 0 Å². The molecule has 1 aromatic heterocycles. The maximum absolute atomic E-state index is 12.1. The van der Waals surface area contributed by atoms with Crippen molar-refractivity contribution in [1.29, 1.82) is 0 Å². The number of amides is 1. The molecule has 128 valence electrons. The van der Waals surface area contributed by atoms with Gasteiger partial charge in [-0.25, -0.2) is 0 Å². The second-order valence-corrected chi connectivity index (χ2v) is 6.61. The van der Waals surface area contributed by atoms with Crippen molar-refractivity contribution >= 4 is 23.2 Å². The highest BCUT2D eigenvalue weighted by Crippen LogP contribution is 2.12. The highest BCUT2D eigenvalue weighted by atomic mass is 32.1. The first-order valence-electron chi connectivity index (χ1n) is 7.50. The zero-order valence-corrected chi connectivity index (χ0v) is 14.5. The number of rotatable bonds is 8. The number of nitrogens with one attached hydrogen (secondary N) is 1. The highest BCUT2D eigenvalue weighted by molar-refractivity contribution is 7.13. The van der Waals surface area contributed by atoms with Gasteiger partial charge in [-0.2, -0.15) is 0 Å². The van der Waals surface area contributed by atoms with Gasteiger partial charge in [-0.3, -0.25) is 14.5 Å². The first kappa shape index (κ1) is 18.0. The van der Waals surface area contributed by atoms with Crippen molar-refractivity contribution in [3.63, 3.8) is 0 Å². The molecule has 0 spiro atoms. The fourth-order valence-electron chi connectivity index (χ4n) is 1.97. The molecule has 0 aliphatic carbocycles. The van der Waals surface area contributed by atoms with Crippen molar-refractivity contribution in [2.24, 2.45) is 0 Å². The molecule has 0 aliphatic heterocycles. The van der Waals surface area contributed by atoms with E-state index in [-0.39, 0.29) is 12.3 Å². The van der Waals surface area contributed by atoms with Crippen molar-refractivity contribution in [3.8, 4) is 0 Å². The number of carboxylic acid groups (broad SMARTS) is 1. The number of carbonyl (C=O) groups is 2. The van der Waals surface area contributed by atoms with Gasteiger partial charge in [-0.1, -0.05) is 41.2 Å². The number of aryl methyl sites for hydroxylation is 1. The fourth-order valence-corrected chi connectivity index (χ4v) is 2.81. The molecule has 1 aromatic carbocycles. The summed E-state index contributed by atoms with van der Waals surface area (Å²) in [5.41, 5.74) is 2.19. The number of nitrogens with zero attached hydrogens (tertiary/aromatic N) is 3. The van der Waals surface area contributed by atoms with Crippen LogP contribution in [0.15, 0.2) is 24.3 Å². The maximum Gasteiger partial charge on any atom is 0.304 e. The third-order valence-electron chi connectivity index (χ3n) is 3.35. The lowest BCUT2D eigenvalue weighted by Gasteiger charge is -2.12. The van der Waals surface area contributed by atoms with E-state index in [2.05, 4.69) is 15.5 Å². The van der Waals surface area contributed by atoms with Crippen LogP contribution in [-0.4, -0.2) is 45.7 Å². The van der Waals surface area contributed by atoms with Gasteiger partial charge < -0.3 is 10.4 Å². The van der Waals surface area contributed by atoms with Crippen LogP contribution in [-0.2, 0) is 17.9 Å². The average Bonchev–Trinajstić information content (AvgIpc) is 3.00. The van der Waals surface area contributed by atoms with Crippen LogP contribution in [0.1, 0.15) is 32.4 Å². The van der Waals surface area contributed by atoms with E-state index in [0.29, 0.717) is 29.6 Å². The van der Waals surface area contributed by atoms with Gasteiger partial charge in [0, 0.05) is 13.1 Å². The van der Waals surface area contributed by atoms with Gasteiger partial charge >= 0.3 is 5.97 Å². The minimum atomic E-state index is -0.838. The van der Waals surface area contributed by atoms with Gasteiger partial charge in [-0.05, 0) is 19.5 Å². The Labute approximate surface area is 144 Å². The molecular weight excluding hydrogens is 328 g/mol. The molecule has 0 bridgehead atoms. The SMILES string of the molecule is Cc1ccc(CNC(=O)c2nnc(CN(C)CCC(=O)O)s2)cc1. The van der Waals surface area contributed by atoms with Crippen molar-refractivity contribution in [3.05, 3.63) is 45.4 Å². The molecule has 0 aliphatic rings. The smallest absolute Gasteiger partial charge is 0.304 e. The summed E-state index contributed by atoms with van der Waals surface area (Å²) in [5.74, 6) is -1.09. The molecule has 7 nitrogen and oxygen atoms in total. The molecule has 1 amide bonds. The predicted octanol–water partition coefficient (Wildman–Crippen LogP) is 1.68. The topological polar surface area (TPSA) is 95.4 Å². The monoisotopic (exact) mass is 348 g/mol. The van der Waals surface area contributed by atoms with Crippen LogP contribution in [0.2, 0.25) is 0 Å². The summed E-state index contributed by atoms with van der Waals surface area (Å²) in [5, 5.41) is 20.4. The van der Waals surface area contributed by atoms with Crippen molar-refractivity contribution < 1.29 is 14.7 Å². The summed E-state index contributed by atoms with van der Waals surface area (Å²) in [6.07, 6.45) is 0.0686. The van der Waals surface area contributed by atoms with Crippen molar-refractivity contribution in [1.82, 2.24) is 20.4 Å². The summed E-state index contributed by atoms with van der Waals surface area (Å²) < 4.78 is 0. The number of hydrogen-bond acceptors (Lipinski definition) is 6. The average molecular weight is 348 g/mol. The lowest BCUT2D eigenvalue weighted by Crippen LogP contribution is -2.22. The van der Waals surface area contributed by atoms with Crippen LogP contribution >= 0.6 is 11.3 Å². The molecule has 2 aromatic rings. The third-order valence-corrected chi connectivity index (χ3v) is 4.25. The van der Waals surface area contributed by atoms with Gasteiger partial charge in [0.1, 0.15) is 5.01 Å². The third kappa shape index (κ3) is 5.71. The molecule has 8 heteroatoms. The Morgan fingerprint density at radius 3 is 2.62 bits per heavy atom. The molecule has 2 rings (SSSR count). The Bertz CT molecular complexity index is 700. The molecule has 0 unspecified atom stereocenters. The van der Waals surface area contributed by atoms with Crippen LogP contribution < -0.4 is 5.32 Å². The number of hydrogen-bond donors (Lipinski definition) is 2. The van der Waals surface area contributed by atoms with Gasteiger partial charge in [0.05, 0.1) is 13.0 Å². The van der Waals surface area contributed by atoms with Crippen LogP contribution in [0.25, 0.3) is 0 Å². The van der Waals surface area contributed by atoms with Crippen molar-refractivity contribution in [2.45, 2.75) is 26.4 Å². The molecular formula is C16H20N4O3S. The lowest BCUT2D eigenvalue weighted by atomic mass is 10.1. The predicted molar refractivity (Wildman–Crippen MR) is 90.8 cm³/mol. The zero-order chi connectivity index (χ0) is 17.5. The fraction of sp³-hybridized carbons (Fsp3) is 0.375. The molecule has 24 heavy (non-hydrogen) atoms. The Kier molecular flexibility index (Phi) is 6.39. The number of benzene rings is 1. The molecule has 0 saturated heterocycles. The Morgan fingerprint density at radius 2 is 1.96 bits per heavy atom. The summed E-state index contributed by atoms with van der Waals surface area (Å²) in [6.45, 7) is 3.34. The van der Waals surface area contributed by atoms with Gasteiger partial charge in [0.2, 0.25) is 5.01 Å². The summed E-state index contributed by atoms with van der Waals surface area (Å²) in [7, 11) is 1.81. The van der Waals surface area contributed by atoms with Crippen LogP contribution in [0, 0.1) is 6.92 Å². The standard InChI is InChI=1S/C16H20N4O3S/c1-11-3-5-12(6-4-11)9-17-15(23)16-19-18-13(24-16)10-20(2)8-7-14(21)22/h3-6H,7-10H2,1-2H3,(H,17,23)(H,21,22). The Morgan fingerprint density at radius 1 is 1.25 bits per heavy atom. The van der Waals surface area contributed by atoms with E-state index in [0.717, 1.165) is 5.56 Å². The summed E-state index contributed by atoms with van der Waals surface area (Å²) in [6, 6.07) is 7.94. The molecule has 0 atom stereocenters. The summed E-state index contributed by atoms with van der Waals surface area (Å²) in [4.78, 5) is 24.5. The first-order chi connectivity index (χ1) is 11.4. The molecule has 0 radical (unpaired) electrons. The van der Waals surface area contributed by atoms with Crippen molar-refractivity contribution in [2.75, 3.05) is 13.6 Å². The second-order valence-electron chi connectivity index (χ2n) is 5.55. The molecule has 1 heterocycles. The summed E-state index contributed by atoms with van der Waals surface area (Å²) >= 11 is 1.22. The Hall–Kier alpha value is -2.32. The maximum atomic E-state index is 12.1. The number of aliphatic carboxylic acids is 1. The lowest BCUT2D eigenvalue weighted by molar-refractivity contribution is -0.137. The number of carbonyl (C=O) groups excluding carboxylic acids is 1. The number of aromatic nitrogens is 2. The van der Waals surface area contributed by atoms with Gasteiger partial charge in [0.25, 0.3) is 5.91 Å². The van der Waals surface area contributed by atoms with E-state index >= 15 is 0 Å². The van der Waals surface area contributed by atoms with E-state index < -0.39 is 5.97 Å². The minimum absolute atomic E-state index is 0.0686. The van der Waals surface area contributed by atoms with E-state index in [1.807, 2.05) is 43.1 Å². The van der Waals surface area contributed by atoms with Crippen LogP contribution in [0.5, 0.6) is 0 Å². The normalized spacial score (nSPS) is 10.8. The van der Waals surface area contributed by atoms with Gasteiger partial charge in [-0.15, -0.1) is 10.2 Å². The van der Waals surface area contributed by atoms with E-state index in [9.17, 15) is 9.59 Å². The second kappa shape index (κ2) is 8.51. The largest absolute Gasteiger partial charge is 0.481 e. The van der Waals surface area contributed by atoms with E-state index in [4.69, 9.17) is 5.11 Å². The van der Waals surface area contributed by atoms with E-state index in [1.165, 1.54) is 16.9 Å². The quantitative estimate of drug-likeness (QED) is 0.754. The highest BCUT2D eigenvalue weighted by Gasteiger charge is 2.14. The first-order valence-corrected chi connectivity index (χ1v) is 8.32. The minimum Gasteiger partial charge on any atom is -0.481 e. The zero-order valence-electron chi connectivity index (χ0n) is 13.7. The van der Waals surface area contributed by atoms with Crippen LogP contribution in [0.3, 0.4) is 0 Å². The molecule has 0 saturated carbocycles.